The monoisotopic (exact) mass is 535 g/mol. The number of fused-ring (bicyclic) bond motifs is 8. The summed E-state index contributed by atoms with van der Waals surface area (Å²) in [6.45, 7) is 4.75. The van der Waals surface area contributed by atoms with Gasteiger partial charge in [0.25, 0.3) is 0 Å². The molecule has 1 aliphatic rings. The average Bonchev–Trinajstić information content (AvgIpc) is 3.38. The van der Waals surface area contributed by atoms with Crippen LogP contribution < -0.4 is 0 Å². The van der Waals surface area contributed by atoms with Crippen LogP contribution in [0, 0.1) is 0 Å². The van der Waals surface area contributed by atoms with Gasteiger partial charge in [-0.25, -0.2) is 0 Å². The van der Waals surface area contributed by atoms with Crippen molar-refractivity contribution in [3.63, 3.8) is 0 Å². The largest absolute Gasteiger partial charge is 0.309 e. The Hall–Kier alpha value is -5.14. The first-order valence-corrected chi connectivity index (χ1v) is 14.8. The Balaban J connectivity index is 1.48. The SMILES string of the molecule is CC1(C)c2ccccc2-c2c3c1cccc3cc1c2c2ccc3ccccc3c2n1-c1ccc(-c2ccccc2)cc1. The molecule has 0 unspecified atom stereocenters. The van der Waals surface area contributed by atoms with Crippen molar-refractivity contribution < 1.29 is 0 Å². The minimum absolute atomic E-state index is 0.0743. The smallest absolute Gasteiger partial charge is 0.0619 e. The van der Waals surface area contributed by atoms with Crippen molar-refractivity contribution in [3.8, 4) is 27.9 Å². The van der Waals surface area contributed by atoms with Crippen molar-refractivity contribution in [2.24, 2.45) is 0 Å². The molecule has 1 nitrogen and oxygen atoms in total. The first-order chi connectivity index (χ1) is 20.6. The second-order valence-corrected chi connectivity index (χ2v) is 12.2. The zero-order chi connectivity index (χ0) is 28.0. The van der Waals surface area contributed by atoms with E-state index in [1.807, 2.05) is 0 Å². The van der Waals surface area contributed by atoms with Gasteiger partial charge < -0.3 is 4.57 Å². The number of rotatable bonds is 2. The summed E-state index contributed by atoms with van der Waals surface area (Å²) in [6, 6.07) is 51.5. The third-order valence-corrected chi connectivity index (χ3v) is 9.56. The van der Waals surface area contributed by atoms with Gasteiger partial charge in [0.1, 0.15) is 0 Å². The lowest BCUT2D eigenvalue weighted by Crippen LogP contribution is -2.23. The predicted octanol–water partition coefficient (Wildman–Crippen LogP) is 11.1. The van der Waals surface area contributed by atoms with E-state index >= 15 is 0 Å². The zero-order valence-corrected chi connectivity index (χ0v) is 23.7. The molecule has 0 bridgehead atoms. The second-order valence-electron chi connectivity index (χ2n) is 12.2. The molecule has 0 aliphatic heterocycles. The summed E-state index contributed by atoms with van der Waals surface area (Å²) in [6.07, 6.45) is 0. The van der Waals surface area contributed by atoms with Crippen molar-refractivity contribution in [1.29, 1.82) is 0 Å². The van der Waals surface area contributed by atoms with Gasteiger partial charge in [0.15, 0.2) is 0 Å². The van der Waals surface area contributed by atoms with Gasteiger partial charge in [-0.15, -0.1) is 0 Å². The molecule has 0 atom stereocenters. The van der Waals surface area contributed by atoms with Gasteiger partial charge in [-0.2, -0.15) is 0 Å². The molecule has 1 heteroatoms. The molecule has 1 aliphatic carbocycles. The van der Waals surface area contributed by atoms with Crippen molar-refractivity contribution >= 4 is 43.4 Å². The maximum Gasteiger partial charge on any atom is 0.0619 e. The molecule has 0 fully saturated rings. The molecule has 0 saturated carbocycles. The van der Waals surface area contributed by atoms with Gasteiger partial charge in [0, 0.05) is 32.8 Å². The summed E-state index contributed by atoms with van der Waals surface area (Å²) in [5.41, 5.74) is 11.6. The van der Waals surface area contributed by atoms with Gasteiger partial charge >= 0.3 is 0 Å². The summed E-state index contributed by atoms with van der Waals surface area (Å²) < 4.78 is 2.51. The van der Waals surface area contributed by atoms with Gasteiger partial charge in [0.2, 0.25) is 0 Å². The van der Waals surface area contributed by atoms with E-state index in [-0.39, 0.29) is 5.41 Å². The van der Waals surface area contributed by atoms with Crippen LogP contribution in [0.15, 0.2) is 140 Å². The Kier molecular flexibility index (Phi) is 4.73. The molecule has 9 rings (SSSR count). The number of nitrogens with zero attached hydrogens (tertiary/aromatic N) is 1. The van der Waals surface area contributed by atoms with Gasteiger partial charge in [-0.05, 0) is 62.2 Å². The zero-order valence-electron chi connectivity index (χ0n) is 23.7. The van der Waals surface area contributed by atoms with E-state index in [1.165, 1.54) is 82.4 Å². The van der Waals surface area contributed by atoms with Crippen LogP contribution in [0.3, 0.4) is 0 Å². The number of aromatic nitrogens is 1. The van der Waals surface area contributed by atoms with Crippen molar-refractivity contribution in [1.82, 2.24) is 4.57 Å². The summed E-state index contributed by atoms with van der Waals surface area (Å²) in [5.74, 6) is 0. The average molecular weight is 536 g/mol. The molecule has 8 aromatic rings. The lowest BCUT2D eigenvalue weighted by Gasteiger charge is -2.35. The molecule has 42 heavy (non-hydrogen) atoms. The third-order valence-electron chi connectivity index (χ3n) is 9.56. The Morgan fingerprint density at radius 3 is 2.05 bits per heavy atom. The standard InChI is InChI=1S/C41H29N/c1-41(2)34-17-9-8-16-32(34)39-37-29(14-10-18-35(37)41)25-36-38(39)33-24-21-28-13-6-7-15-31(28)40(33)42(36)30-22-19-27(20-23-30)26-11-4-3-5-12-26/h3-25H,1-2H3. The summed E-state index contributed by atoms with van der Waals surface area (Å²) in [7, 11) is 0. The molecule has 0 saturated heterocycles. The van der Waals surface area contributed by atoms with Crippen LogP contribution in [-0.2, 0) is 5.41 Å². The van der Waals surface area contributed by atoms with Crippen molar-refractivity contribution in [3.05, 3.63) is 151 Å². The highest BCUT2D eigenvalue weighted by molar-refractivity contribution is 6.28. The lowest BCUT2D eigenvalue weighted by molar-refractivity contribution is 0.645. The first kappa shape index (κ1) is 23.6. The topological polar surface area (TPSA) is 4.93 Å². The number of hydrogen-bond donors (Lipinski definition) is 0. The lowest BCUT2D eigenvalue weighted by atomic mass is 9.68. The highest BCUT2D eigenvalue weighted by Crippen LogP contribution is 2.53. The summed E-state index contributed by atoms with van der Waals surface area (Å²) in [4.78, 5) is 0. The van der Waals surface area contributed by atoms with Gasteiger partial charge in [-0.1, -0.05) is 135 Å². The summed E-state index contributed by atoms with van der Waals surface area (Å²) in [5, 5.41) is 7.87. The molecule has 0 amide bonds. The summed E-state index contributed by atoms with van der Waals surface area (Å²) >= 11 is 0. The van der Waals surface area contributed by atoms with Crippen LogP contribution in [0.25, 0.3) is 71.3 Å². The molecule has 7 aromatic carbocycles. The van der Waals surface area contributed by atoms with Gasteiger partial charge in [0.05, 0.1) is 11.0 Å². The minimum atomic E-state index is -0.0743. The van der Waals surface area contributed by atoms with E-state index in [2.05, 4.69) is 158 Å². The van der Waals surface area contributed by atoms with Crippen LogP contribution >= 0.6 is 0 Å². The van der Waals surface area contributed by atoms with Crippen LogP contribution in [0.2, 0.25) is 0 Å². The molecule has 0 spiro atoms. The normalized spacial score (nSPS) is 13.7. The molecular formula is C41H29N. The van der Waals surface area contributed by atoms with Gasteiger partial charge in [-0.3, -0.25) is 0 Å². The fourth-order valence-corrected chi connectivity index (χ4v) is 7.59. The van der Waals surface area contributed by atoms with E-state index in [0.717, 1.165) is 0 Å². The maximum atomic E-state index is 2.51. The van der Waals surface area contributed by atoms with E-state index in [9.17, 15) is 0 Å². The van der Waals surface area contributed by atoms with E-state index in [1.54, 1.807) is 0 Å². The molecule has 0 radical (unpaired) electrons. The number of hydrogen-bond acceptors (Lipinski definition) is 0. The Labute approximate surface area is 245 Å². The van der Waals surface area contributed by atoms with Crippen LogP contribution in [-0.4, -0.2) is 4.57 Å². The Morgan fingerprint density at radius 1 is 0.500 bits per heavy atom. The van der Waals surface area contributed by atoms with E-state index in [0.29, 0.717) is 0 Å². The Bertz CT molecular complexity index is 2350. The van der Waals surface area contributed by atoms with E-state index in [4.69, 9.17) is 0 Å². The molecule has 1 heterocycles. The van der Waals surface area contributed by atoms with Crippen molar-refractivity contribution in [2.45, 2.75) is 19.3 Å². The molecule has 0 N–H and O–H groups in total. The van der Waals surface area contributed by atoms with Crippen LogP contribution in [0.5, 0.6) is 0 Å². The predicted molar refractivity (Wildman–Crippen MR) is 179 cm³/mol. The van der Waals surface area contributed by atoms with Crippen molar-refractivity contribution in [2.75, 3.05) is 0 Å². The number of benzene rings is 7. The fraction of sp³-hybridized carbons (Fsp3) is 0.0732. The molecular weight excluding hydrogens is 506 g/mol. The second kappa shape index (κ2) is 8.44. The highest BCUT2D eigenvalue weighted by Gasteiger charge is 2.35. The third kappa shape index (κ3) is 3.08. The first-order valence-electron chi connectivity index (χ1n) is 14.8. The highest BCUT2D eigenvalue weighted by atomic mass is 15.0. The van der Waals surface area contributed by atoms with Crippen LogP contribution in [0.1, 0.15) is 25.0 Å². The minimum Gasteiger partial charge on any atom is -0.309 e. The van der Waals surface area contributed by atoms with E-state index < -0.39 is 0 Å². The molecule has 1 aromatic heterocycles. The molecule has 198 valence electrons. The van der Waals surface area contributed by atoms with Crippen LogP contribution in [0.4, 0.5) is 0 Å². The maximum absolute atomic E-state index is 2.51. The Morgan fingerprint density at radius 2 is 1.19 bits per heavy atom. The fourth-order valence-electron chi connectivity index (χ4n) is 7.59. The quantitative estimate of drug-likeness (QED) is 0.207.